The van der Waals surface area contributed by atoms with E-state index in [0.29, 0.717) is 27.7 Å². The Bertz CT molecular complexity index is 1590. The fraction of sp³-hybridized carbons (Fsp3) is 0.192. The number of amides is 1. The van der Waals surface area contributed by atoms with Crippen molar-refractivity contribution in [1.29, 1.82) is 0 Å². The minimum absolute atomic E-state index is 0.0900. The first-order valence-corrected chi connectivity index (χ1v) is 13.2. The molecule has 1 amide bonds. The number of rotatable bonds is 7. The first kappa shape index (κ1) is 24.8. The molecular weight excluding hydrogens is 516 g/mol. The molecule has 0 fully saturated rings. The fourth-order valence-corrected chi connectivity index (χ4v) is 5.71. The predicted molar refractivity (Wildman–Crippen MR) is 138 cm³/mol. The van der Waals surface area contributed by atoms with Gasteiger partial charge in [-0.05, 0) is 53.9 Å². The largest absolute Gasteiger partial charge is 0.497 e. The molecule has 37 heavy (non-hydrogen) atoms. The maximum atomic E-state index is 13.4. The van der Waals surface area contributed by atoms with Crippen molar-refractivity contribution in [2.75, 3.05) is 13.8 Å². The summed E-state index contributed by atoms with van der Waals surface area (Å²) < 4.78 is 40.3. The van der Waals surface area contributed by atoms with E-state index in [2.05, 4.69) is 10.1 Å². The first-order valence-electron chi connectivity index (χ1n) is 11.4. The third kappa shape index (κ3) is 4.42. The molecule has 0 radical (unpaired) electrons. The van der Waals surface area contributed by atoms with Crippen LogP contribution in [0.1, 0.15) is 35.7 Å². The molecule has 0 saturated carbocycles. The summed E-state index contributed by atoms with van der Waals surface area (Å²) in [6.45, 7) is 3.24. The number of benzene rings is 2. The van der Waals surface area contributed by atoms with Crippen LogP contribution in [-0.2, 0) is 10.0 Å². The van der Waals surface area contributed by atoms with E-state index in [-0.39, 0.29) is 22.3 Å². The Morgan fingerprint density at radius 3 is 2.38 bits per heavy atom. The average molecular weight is 539 g/mol. The van der Waals surface area contributed by atoms with E-state index in [1.54, 1.807) is 60.9 Å². The first-order chi connectivity index (χ1) is 17.7. The number of pyridine rings is 1. The molecule has 4 aromatic rings. The summed E-state index contributed by atoms with van der Waals surface area (Å²) in [7, 11) is -2.71. The summed E-state index contributed by atoms with van der Waals surface area (Å²) in [6, 6.07) is 15.3. The van der Waals surface area contributed by atoms with Crippen LogP contribution >= 0.6 is 11.6 Å². The smallest absolute Gasteiger partial charge is 0.272 e. The van der Waals surface area contributed by atoms with Crippen molar-refractivity contribution < 1.29 is 22.7 Å². The van der Waals surface area contributed by atoms with Gasteiger partial charge in [0.1, 0.15) is 10.6 Å². The second kappa shape index (κ2) is 9.53. The SMILES string of the molecule is COc1cc(C(C)C)c2c(c1)S(=O)(=O)N(COc1cc(-c3ccncc3)nn1-c1ccc(Cl)cc1)C2=O. The van der Waals surface area contributed by atoms with E-state index in [9.17, 15) is 13.2 Å². The van der Waals surface area contributed by atoms with E-state index in [4.69, 9.17) is 21.1 Å². The zero-order valence-electron chi connectivity index (χ0n) is 20.3. The van der Waals surface area contributed by atoms with Crippen molar-refractivity contribution >= 4 is 27.5 Å². The Morgan fingerprint density at radius 2 is 1.73 bits per heavy atom. The lowest BCUT2D eigenvalue weighted by atomic mass is 9.96. The molecule has 0 saturated heterocycles. The number of hydrogen-bond donors (Lipinski definition) is 0. The predicted octanol–water partition coefficient (Wildman–Crippen LogP) is 4.90. The van der Waals surface area contributed by atoms with E-state index in [1.807, 2.05) is 13.8 Å². The molecule has 11 heteroatoms. The molecule has 0 bridgehead atoms. The van der Waals surface area contributed by atoms with Crippen molar-refractivity contribution in [1.82, 2.24) is 19.1 Å². The summed E-state index contributed by atoms with van der Waals surface area (Å²) in [5.74, 6) is -0.134. The van der Waals surface area contributed by atoms with Crippen molar-refractivity contribution in [2.24, 2.45) is 0 Å². The fourth-order valence-electron chi connectivity index (χ4n) is 4.12. The van der Waals surface area contributed by atoms with Crippen molar-refractivity contribution in [3.8, 4) is 28.6 Å². The highest BCUT2D eigenvalue weighted by molar-refractivity contribution is 7.90. The quantitative estimate of drug-likeness (QED) is 0.329. The van der Waals surface area contributed by atoms with Gasteiger partial charge in [0.05, 0.1) is 24.1 Å². The number of carbonyl (C=O) groups is 1. The second-order valence-electron chi connectivity index (χ2n) is 8.67. The summed E-state index contributed by atoms with van der Waals surface area (Å²) in [5, 5.41) is 5.18. The van der Waals surface area contributed by atoms with Gasteiger partial charge in [-0.1, -0.05) is 25.4 Å². The molecule has 3 heterocycles. The van der Waals surface area contributed by atoms with Gasteiger partial charge in [-0.2, -0.15) is 9.40 Å². The second-order valence-corrected chi connectivity index (χ2v) is 10.9. The van der Waals surface area contributed by atoms with Gasteiger partial charge in [0.15, 0.2) is 6.73 Å². The van der Waals surface area contributed by atoms with Crippen LogP contribution in [0.3, 0.4) is 0 Å². The summed E-state index contributed by atoms with van der Waals surface area (Å²) >= 11 is 6.05. The van der Waals surface area contributed by atoms with Gasteiger partial charge in [0.25, 0.3) is 15.9 Å². The topological polar surface area (TPSA) is 104 Å². The lowest BCUT2D eigenvalue weighted by Gasteiger charge is -2.16. The summed E-state index contributed by atoms with van der Waals surface area (Å²) in [4.78, 5) is 17.3. The number of methoxy groups -OCH3 is 1. The van der Waals surface area contributed by atoms with Crippen LogP contribution in [0.5, 0.6) is 11.6 Å². The number of nitrogens with zero attached hydrogens (tertiary/aromatic N) is 4. The van der Waals surface area contributed by atoms with Crippen LogP contribution in [0.4, 0.5) is 0 Å². The standard InChI is InChI=1S/C26H23ClN4O5S/c1-16(2)21-12-20(35-3)13-23-25(21)26(32)30(37(23,33)34)15-36-24-14-22(17-8-10-28-11-9-17)29-31(24)19-6-4-18(27)5-7-19/h4-14,16H,15H2,1-3H3. The number of sulfonamides is 1. The Kier molecular flexibility index (Phi) is 6.38. The molecule has 1 aliphatic heterocycles. The van der Waals surface area contributed by atoms with Gasteiger partial charge in [-0.3, -0.25) is 9.78 Å². The Morgan fingerprint density at radius 1 is 1.03 bits per heavy atom. The van der Waals surface area contributed by atoms with E-state index in [1.165, 1.54) is 17.9 Å². The van der Waals surface area contributed by atoms with Gasteiger partial charge in [0, 0.05) is 35.1 Å². The summed E-state index contributed by atoms with van der Waals surface area (Å²) in [5.41, 5.74) is 2.75. The van der Waals surface area contributed by atoms with Crippen LogP contribution in [0.25, 0.3) is 16.9 Å². The zero-order chi connectivity index (χ0) is 26.3. The normalized spacial score (nSPS) is 14.2. The Labute approximate surface area is 219 Å². The minimum Gasteiger partial charge on any atom is -0.497 e. The third-order valence-electron chi connectivity index (χ3n) is 6.03. The average Bonchev–Trinajstić information content (AvgIpc) is 3.40. The number of fused-ring (bicyclic) bond motifs is 1. The molecule has 0 unspecified atom stereocenters. The van der Waals surface area contributed by atoms with Gasteiger partial charge < -0.3 is 9.47 Å². The number of hydrogen-bond acceptors (Lipinski definition) is 7. The van der Waals surface area contributed by atoms with E-state index >= 15 is 0 Å². The molecule has 190 valence electrons. The number of ether oxygens (including phenoxy) is 2. The Hall–Kier alpha value is -3.89. The van der Waals surface area contributed by atoms with Gasteiger partial charge in [-0.15, -0.1) is 0 Å². The molecule has 2 aromatic heterocycles. The lowest BCUT2D eigenvalue weighted by molar-refractivity contribution is 0.0782. The molecule has 2 aromatic carbocycles. The third-order valence-corrected chi connectivity index (χ3v) is 8.01. The monoisotopic (exact) mass is 538 g/mol. The minimum atomic E-state index is -4.16. The number of halogens is 1. The van der Waals surface area contributed by atoms with Crippen molar-refractivity contribution in [2.45, 2.75) is 24.7 Å². The molecular formula is C26H23ClN4O5S. The Balaban J connectivity index is 1.52. The molecule has 0 aliphatic carbocycles. The van der Waals surface area contributed by atoms with E-state index in [0.717, 1.165) is 9.87 Å². The van der Waals surface area contributed by atoms with Crippen LogP contribution in [0, 0.1) is 0 Å². The molecule has 0 N–H and O–H groups in total. The van der Waals surface area contributed by atoms with Crippen LogP contribution in [0.15, 0.2) is 71.9 Å². The molecule has 0 spiro atoms. The molecule has 9 nitrogen and oxygen atoms in total. The van der Waals surface area contributed by atoms with Crippen molar-refractivity contribution in [3.63, 3.8) is 0 Å². The van der Waals surface area contributed by atoms with Crippen molar-refractivity contribution in [3.05, 3.63) is 83.1 Å². The van der Waals surface area contributed by atoms with E-state index < -0.39 is 22.7 Å². The maximum Gasteiger partial charge on any atom is 0.272 e. The molecule has 0 atom stereocenters. The van der Waals surface area contributed by atoms with Crippen LogP contribution < -0.4 is 9.47 Å². The van der Waals surface area contributed by atoms with Gasteiger partial charge in [-0.25, -0.2) is 13.1 Å². The molecule has 1 aliphatic rings. The van der Waals surface area contributed by atoms with Crippen LogP contribution in [0.2, 0.25) is 5.02 Å². The summed E-state index contributed by atoms with van der Waals surface area (Å²) in [6.07, 6.45) is 3.29. The number of aromatic nitrogens is 3. The zero-order valence-corrected chi connectivity index (χ0v) is 21.8. The lowest BCUT2D eigenvalue weighted by Crippen LogP contribution is -2.34. The highest BCUT2D eigenvalue weighted by Gasteiger charge is 2.44. The highest BCUT2D eigenvalue weighted by atomic mass is 35.5. The highest BCUT2D eigenvalue weighted by Crippen LogP contribution is 2.39. The number of carbonyl (C=O) groups excluding carboxylic acids is 1. The van der Waals surface area contributed by atoms with Crippen LogP contribution in [-0.4, -0.2) is 47.2 Å². The maximum absolute atomic E-state index is 13.4. The molecule has 5 rings (SSSR count). The van der Waals surface area contributed by atoms with Gasteiger partial charge >= 0.3 is 0 Å². The van der Waals surface area contributed by atoms with Gasteiger partial charge in [0.2, 0.25) is 5.88 Å².